The topological polar surface area (TPSA) is 111 Å². The van der Waals surface area contributed by atoms with Gasteiger partial charge in [-0.25, -0.2) is 19.0 Å². The van der Waals surface area contributed by atoms with Gasteiger partial charge in [0.15, 0.2) is 5.82 Å². The predicted octanol–water partition coefficient (Wildman–Crippen LogP) is 7.60. The molecule has 2 aromatic heterocycles. The Balaban J connectivity index is 1.01. The number of carbonyl (C=O) groups is 3. The van der Waals surface area contributed by atoms with Crippen molar-refractivity contribution in [1.82, 2.24) is 29.2 Å². The number of ether oxygens (including phenoxy) is 2. The molecule has 3 aromatic carbocycles. The average Bonchev–Trinajstić information content (AvgIpc) is 3.44. The quantitative estimate of drug-likeness (QED) is 0.166. The Morgan fingerprint density at radius 3 is 2.38 bits per heavy atom. The number of piperidine rings is 1. The van der Waals surface area contributed by atoms with Crippen LogP contribution in [0.4, 0.5) is 14.0 Å². The zero-order valence-electron chi connectivity index (χ0n) is 31.5. The van der Waals surface area contributed by atoms with Gasteiger partial charge < -0.3 is 33.7 Å². The van der Waals surface area contributed by atoms with Crippen LogP contribution in [0, 0.1) is 23.6 Å². The number of nitrogens with one attached hydrogen (secondary N) is 1. The van der Waals surface area contributed by atoms with Crippen molar-refractivity contribution in [1.29, 1.82) is 0 Å². The standard InChI is InChI=1S/C43H47FN6O5/c1-43(2,3)55-41(52)46-37-30-15-16-35(37)49(24-30)40(51)31-17-32(44)38-33(18-31)45-39(36-19-29-11-7-8-12-34(29)48(36)22-26-13-14-26)50(38)23-28-20-47(21-28)42(53)54-25-27-9-5-4-6-10-27/h4-12,17-19,26,28,30,35,37H,13-16,20-25H2,1-3H3,(H,46,52)/t30-,35-,37-/m1/s1. The zero-order valence-corrected chi connectivity index (χ0v) is 31.5. The maximum absolute atomic E-state index is 16.6. The van der Waals surface area contributed by atoms with Crippen LogP contribution < -0.4 is 5.32 Å². The summed E-state index contributed by atoms with van der Waals surface area (Å²) in [4.78, 5) is 48.3. The lowest BCUT2D eigenvalue weighted by molar-refractivity contribution is 0.0450. The summed E-state index contributed by atoms with van der Waals surface area (Å²) >= 11 is 0. The number of fused-ring (bicyclic) bond motifs is 4. The van der Waals surface area contributed by atoms with Crippen molar-refractivity contribution in [2.45, 2.75) is 83.8 Å². The molecule has 2 bridgehead atoms. The Morgan fingerprint density at radius 1 is 0.873 bits per heavy atom. The third-order valence-corrected chi connectivity index (χ3v) is 11.6. The molecule has 4 heterocycles. The van der Waals surface area contributed by atoms with Crippen molar-refractivity contribution in [2.75, 3.05) is 19.6 Å². The summed E-state index contributed by atoms with van der Waals surface area (Å²) in [6, 6.07) is 22.6. The Kier molecular flexibility index (Phi) is 8.81. The number of benzene rings is 3. The fourth-order valence-corrected chi connectivity index (χ4v) is 8.83. The molecule has 11 nitrogen and oxygen atoms in total. The molecule has 2 aliphatic heterocycles. The van der Waals surface area contributed by atoms with Crippen molar-refractivity contribution >= 4 is 40.0 Å². The van der Waals surface area contributed by atoms with E-state index in [-0.39, 0.29) is 48.1 Å². The molecule has 5 aromatic rings. The van der Waals surface area contributed by atoms with Gasteiger partial charge in [0.25, 0.3) is 5.91 Å². The van der Waals surface area contributed by atoms with E-state index in [4.69, 9.17) is 14.5 Å². The molecule has 4 fully saturated rings. The number of para-hydroxylation sites is 1. The van der Waals surface area contributed by atoms with E-state index in [0.717, 1.165) is 41.5 Å². The Labute approximate surface area is 319 Å². The van der Waals surface area contributed by atoms with E-state index in [2.05, 4.69) is 28.1 Å². The third kappa shape index (κ3) is 6.91. The molecule has 2 saturated carbocycles. The van der Waals surface area contributed by atoms with E-state index in [1.165, 1.54) is 18.9 Å². The molecule has 3 atom stereocenters. The second kappa shape index (κ2) is 13.7. The van der Waals surface area contributed by atoms with E-state index in [1.54, 1.807) is 15.9 Å². The molecule has 12 heteroatoms. The smallest absolute Gasteiger partial charge is 0.410 e. The monoisotopic (exact) mass is 746 g/mol. The fourth-order valence-electron chi connectivity index (χ4n) is 8.83. The largest absolute Gasteiger partial charge is 0.445 e. The summed E-state index contributed by atoms with van der Waals surface area (Å²) in [6.07, 6.45) is 3.14. The van der Waals surface area contributed by atoms with Crippen LogP contribution in [0.3, 0.4) is 0 Å². The Hall–Kier alpha value is -5.39. The van der Waals surface area contributed by atoms with Gasteiger partial charge >= 0.3 is 12.2 Å². The molecule has 286 valence electrons. The van der Waals surface area contributed by atoms with Crippen LogP contribution in [0.2, 0.25) is 0 Å². The van der Waals surface area contributed by atoms with Crippen LogP contribution in [0.5, 0.6) is 0 Å². The number of hydrogen-bond acceptors (Lipinski definition) is 6. The number of hydrogen-bond donors (Lipinski definition) is 1. The van der Waals surface area contributed by atoms with Gasteiger partial charge in [0.2, 0.25) is 0 Å². The second-order valence-electron chi connectivity index (χ2n) is 16.9. The summed E-state index contributed by atoms with van der Waals surface area (Å²) in [6.45, 7) is 8.39. The van der Waals surface area contributed by atoms with Gasteiger partial charge in [-0.15, -0.1) is 0 Å². The highest BCUT2D eigenvalue weighted by Gasteiger charge is 2.50. The van der Waals surface area contributed by atoms with Gasteiger partial charge in [-0.1, -0.05) is 48.5 Å². The number of carbonyl (C=O) groups excluding carboxylic acids is 3. The van der Waals surface area contributed by atoms with Crippen molar-refractivity contribution < 1.29 is 28.2 Å². The molecule has 2 saturated heterocycles. The lowest BCUT2D eigenvalue weighted by Gasteiger charge is -2.38. The summed E-state index contributed by atoms with van der Waals surface area (Å²) < 4.78 is 32.0. The number of rotatable bonds is 9. The van der Waals surface area contributed by atoms with Crippen LogP contribution >= 0.6 is 0 Å². The van der Waals surface area contributed by atoms with E-state index < -0.39 is 17.5 Å². The van der Waals surface area contributed by atoms with Gasteiger partial charge in [0.05, 0.1) is 23.3 Å². The fraction of sp³-hybridized carbons (Fsp3) is 0.442. The van der Waals surface area contributed by atoms with Crippen LogP contribution in [0.15, 0.2) is 72.8 Å². The van der Waals surface area contributed by atoms with Crippen LogP contribution in [-0.4, -0.2) is 79.3 Å². The van der Waals surface area contributed by atoms with Gasteiger partial charge in [0, 0.05) is 55.1 Å². The minimum atomic E-state index is -0.634. The molecule has 2 aliphatic carbocycles. The number of nitrogens with zero attached hydrogens (tertiary/aromatic N) is 5. The summed E-state index contributed by atoms with van der Waals surface area (Å²) in [5.74, 6) is 0.591. The molecule has 0 spiro atoms. The molecule has 4 aliphatic rings. The third-order valence-electron chi connectivity index (χ3n) is 11.6. The van der Waals surface area contributed by atoms with E-state index >= 15 is 4.39 Å². The number of aromatic nitrogens is 3. The van der Waals surface area contributed by atoms with Gasteiger partial charge in [-0.2, -0.15) is 0 Å². The first-order valence-electron chi connectivity index (χ1n) is 19.5. The highest BCUT2D eigenvalue weighted by Crippen LogP contribution is 2.41. The molecule has 3 amide bonds. The van der Waals surface area contributed by atoms with Gasteiger partial charge in [-0.05, 0) is 88.1 Å². The second-order valence-corrected chi connectivity index (χ2v) is 16.9. The lowest BCUT2D eigenvalue weighted by Crippen LogP contribution is -2.51. The van der Waals surface area contributed by atoms with Crippen molar-refractivity contribution in [3.63, 3.8) is 0 Å². The molecular formula is C43H47FN6O5. The molecule has 0 unspecified atom stereocenters. The average molecular weight is 747 g/mol. The highest BCUT2D eigenvalue weighted by molar-refractivity contribution is 5.99. The van der Waals surface area contributed by atoms with Gasteiger partial charge in [-0.3, -0.25) is 4.79 Å². The SMILES string of the molecule is CC(C)(C)OC(=O)N[C@@H]1[C@@H]2CC[C@H]1N(C(=O)c1cc(F)c3c(c1)nc(-c1cc4ccccc4n1CC1CC1)n3CC1CN(C(=O)OCc3ccccc3)C1)C2. The number of alkyl carbamates (subject to hydrolysis) is 1. The first-order chi connectivity index (χ1) is 26.5. The summed E-state index contributed by atoms with van der Waals surface area (Å²) in [7, 11) is 0. The maximum Gasteiger partial charge on any atom is 0.410 e. The highest BCUT2D eigenvalue weighted by atomic mass is 19.1. The summed E-state index contributed by atoms with van der Waals surface area (Å²) in [5, 5.41) is 4.10. The Morgan fingerprint density at radius 2 is 1.62 bits per heavy atom. The van der Waals surface area contributed by atoms with E-state index in [1.807, 2.05) is 67.8 Å². The maximum atomic E-state index is 16.6. The molecule has 1 N–H and O–H groups in total. The van der Waals surface area contributed by atoms with Crippen molar-refractivity contribution in [2.24, 2.45) is 17.8 Å². The van der Waals surface area contributed by atoms with Crippen LogP contribution in [-0.2, 0) is 29.2 Å². The lowest BCUT2D eigenvalue weighted by atomic mass is 10.0. The predicted molar refractivity (Wildman–Crippen MR) is 206 cm³/mol. The van der Waals surface area contributed by atoms with Crippen molar-refractivity contribution in [3.05, 3.63) is 89.7 Å². The minimum Gasteiger partial charge on any atom is -0.445 e. The molecular weight excluding hydrogens is 700 g/mol. The number of imidazole rings is 1. The first kappa shape index (κ1) is 35.3. The number of halogens is 1. The normalized spacial score (nSPS) is 21.0. The minimum absolute atomic E-state index is 0.0527. The molecule has 55 heavy (non-hydrogen) atoms. The van der Waals surface area contributed by atoms with E-state index in [0.29, 0.717) is 49.0 Å². The van der Waals surface area contributed by atoms with Crippen molar-refractivity contribution in [3.8, 4) is 11.5 Å². The van der Waals surface area contributed by atoms with Gasteiger partial charge in [0.1, 0.15) is 23.5 Å². The number of amides is 3. The first-order valence-corrected chi connectivity index (χ1v) is 19.5. The van der Waals surface area contributed by atoms with Crippen LogP contribution in [0.25, 0.3) is 33.5 Å². The molecule has 9 rings (SSSR count). The zero-order chi connectivity index (χ0) is 38.0. The molecule has 0 radical (unpaired) electrons. The summed E-state index contributed by atoms with van der Waals surface area (Å²) in [5.41, 5.74) is 3.29. The van der Waals surface area contributed by atoms with E-state index in [9.17, 15) is 14.4 Å². The Bertz CT molecular complexity index is 2290. The van der Waals surface area contributed by atoms with Crippen LogP contribution in [0.1, 0.15) is 62.4 Å². The number of likely N-dealkylation sites (tertiary alicyclic amines) is 2.